The first-order valence-electron chi connectivity index (χ1n) is 6.48. The van der Waals surface area contributed by atoms with Crippen molar-refractivity contribution in [2.75, 3.05) is 26.3 Å². The molecule has 6 nitrogen and oxygen atoms in total. The fraction of sp³-hybridized carbons (Fsp3) is 0.429. The van der Waals surface area contributed by atoms with Gasteiger partial charge in [0.15, 0.2) is 0 Å². The molecule has 1 fully saturated rings. The van der Waals surface area contributed by atoms with Gasteiger partial charge in [0.2, 0.25) is 0 Å². The molecule has 0 bridgehead atoms. The molecule has 2 aliphatic rings. The lowest BCUT2D eigenvalue weighted by molar-refractivity contribution is 0.0488. The van der Waals surface area contributed by atoms with Crippen molar-refractivity contribution in [3.8, 4) is 6.07 Å². The van der Waals surface area contributed by atoms with Gasteiger partial charge in [0, 0.05) is 37.6 Å². The molecule has 0 saturated carbocycles. The molecule has 1 atom stereocenters. The third-order valence-electron chi connectivity index (χ3n) is 3.29. The minimum atomic E-state index is -0.329. The summed E-state index contributed by atoms with van der Waals surface area (Å²) in [6.07, 6.45) is 4.72. The van der Waals surface area contributed by atoms with E-state index in [0.717, 1.165) is 18.8 Å². The van der Waals surface area contributed by atoms with E-state index in [4.69, 9.17) is 20.5 Å². The fourth-order valence-corrected chi connectivity index (χ4v) is 2.28. The van der Waals surface area contributed by atoms with Crippen LogP contribution in [0.15, 0.2) is 41.5 Å². The molecular formula is C14H18N4O2. The molecule has 0 aliphatic carbocycles. The first-order chi connectivity index (χ1) is 9.80. The predicted molar refractivity (Wildman–Crippen MR) is 75.5 cm³/mol. The van der Waals surface area contributed by atoms with Crippen LogP contribution >= 0.6 is 0 Å². The molecule has 0 radical (unpaired) electrons. The molecule has 2 heterocycles. The number of hydrogen-bond donors (Lipinski definition) is 1. The molecule has 0 aromatic carbocycles. The van der Waals surface area contributed by atoms with E-state index in [1.54, 1.807) is 6.20 Å². The van der Waals surface area contributed by atoms with Gasteiger partial charge in [-0.3, -0.25) is 4.99 Å². The monoisotopic (exact) mass is 274 g/mol. The van der Waals surface area contributed by atoms with Gasteiger partial charge in [-0.25, -0.2) is 0 Å². The maximum atomic E-state index is 9.07. The van der Waals surface area contributed by atoms with E-state index >= 15 is 0 Å². The standard InChI is InChI=1S/C14H18N4O2/c1-2-20-13-7-12(18-3-5-19-6-4-18)10-17-14(13)11(8-15)9-16/h2,8,10,13H,1,3-7,15H2. The molecular weight excluding hydrogens is 256 g/mol. The van der Waals surface area contributed by atoms with Gasteiger partial charge in [-0.1, -0.05) is 6.58 Å². The lowest BCUT2D eigenvalue weighted by Crippen LogP contribution is -2.39. The van der Waals surface area contributed by atoms with E-state index in [2.05, 4.69) is 16.5 Å². The van der Waals surface area contributed by atoms with E-state index < -0.39 is 0 Å². The van der Waals surface area contributed by atoms with Crippen LogP contribution in [0.1, 0.15) is 6.42 Å². The second-order valence-electron chi connectivity index (χ2n) is 4.42. The summed E-state index contributed by atoms with van der Waals surface area (Å²) in [5, 5.41) is 9.07. The van der Waals surface area contributed by atoms with Crippen molar-refractivity contribution in [1.29, 1.82) is 5.26 Å². The summed E-state index contributed by atoms with van der Waals surface area (Å²) in [6, 6.07) is 2.03. The van der Waals surface area contributed by atoms with Crippen molar-refractivity contribution in [2.45, 2.75) is 12.5 Å². The highest BCUT2D eigenvalue weighted by Crippen LogP contribution is 2.23. The van der Waals surface area contributed by atoms with Crippen LogP contribution in [-0.4, -0.2) is 43.0 Å². The Labute approximate surface area is 118 Å². The zero-order chi connectivity index (χ0) is 14.4. The lowest BCUT2D eigenvalue weighted by atomic mass is 10.00. The van der Waals surface area contributed by atoms with E-state index in [9.17, 15) is 0 Å². The van der Waals surface area contributed by atoms with Crippen LogP contribution in [-0.2, 0) is 9.47 Å². The lowest BCUT2D eigenvalue weighted by Gasteiger charge is -2.34. The molecule has 1 unspecified atom stereocenters. The van der Waals surface area contributed by atoms with Gasteiger partial charge in [0.1, 0.15) is 17.9 Å². The number of morpholine rings is 1. The average molecular weight is 274 g/mol. The van der Waals surface area contributed by atoms with Crippen LogP contribution in [0, 0.1) is 11.3 Å². The van der Waals surface area contributed by atoms with Gasteiger partial charge in [-0.15, -0.1) is 0 Å². The third-order valence-corrected chi connectivity index (χ3v) is 3.29. The van der Waals surface area contributed by atoms with Crippen molar-refractivity contribution >= 4 is 5.71 Å². The minimum absolute atomic E-state index is 0.328. The normalized spacial score (nSPS) is 23.4. The van der Waals surface area contributed by atoms with Crippen LogP contribution in [0.3, 0.4) is 0 Å². The number of nitrogens with two attached hydrogens (primary N) is 1. The number of ether oxygens (including phenoxy) is 2. The summed E-state index contributed by atoms with van der Waals surface area (Å²) in [5.74, 6) is 0. The SMILES string of the molecule is C=COC1CC(N2CCOCC2)=CN=C1C(C#N)=CN. The van der Waals surface area contributed by atoms with Crippen molar-refractivity contribution in [2.24, 2.45) is 10.7 Å². The Morgan fingerprint density at radius 2 is 2.35 bits per heavy atom. The molecule has 2 rings (SSSR count). The van der Waals surface area contributed by atoms with Gasteiger partial charge in [-0.05, 0) is 0 Å². The highest BCUT2D eigenvalue weighted by molar-refractivity contribution is 6.07. The van der Waals surface area contributed by atoms with E-state index in [1.807, 2.05) is 6.07 Å². The van der Waals surface area contributed by atoms with E-state index in [0.29, 0.717) is 30.9 Å². The van der Waals surface area contributed by atoms with Crippen LogP contribution < -0.4 is 5.73 Å². The summed E-state index contributed by atoms with van der Waals surface area (Å²) in [6.45, 7) is 6.69. The maximum Gasteiger partial charge on any atom is 0.146 e. The summed E-state index contributed by atoms with van der Waals surface area (Å²) in [7, 11) is 0. The molecule has 2 N–H and O–H groups in total. The number of rotatable bonds is 4. The van der Waals surface area contributed by atoms with Crippen LogP contribution in [0.5, 0.6) is 0 Å². The Hall–Kier alpha value is -2.26. The number of nitrogens with zero attached hydrogens (tertiary/aromatic N) is 3. The Morgan fingerprint density at radius 1 is 1.60 bits per heavy atom. The van der Waals surface area contributed by atoms with Crippen molar-refractivity contribution < 1.29 is 9.47 Å². The van der Waals surface area contributed by atoms with Crippen molar-refractivity contribution in [3.05, 3.63) is 36.5 Å². The van der Waals surface area contributed by atoms with Crippen LogP contribution in [0.25, 0.3) is 0 Å². The summed E-state index contributed by atoms with van der Waals surface area (Å²) in [4.78, 5) is 6.58. The van der Waals surface area contributed by atoms with Gasteiger partial charge >= 0.3 is 0 Å². The average Bonchev–Trinajstić information content (AvgIpc) is 2.51. The quantitative estimate of drug-likeness (QED) is 0.608. The minimum Gasteiger partial charge on any atom is -0.492 e. The van der Waals surface area contributed by atoms with Gasteiger partial charge in [0.25, 0.3) is 0 Å². The predicted octanol–water partition coefficient (Wildman–Crippen LogP) is 0.900. The van der Waals surface area contributed by atoms with Crippen LogP contribution in [0.2, 0.25) is 0 Å². The second kappa shape index (κ2) is 6.78. The Morgan fingerprint density at radius 3 is 2.95 bits per heavy atom. The Balaban J connectivity index is 2.22. The molecule has 1 saturated heterocycles. The molecule has 0 amide bonds. The topological polar surface area (TPSA) is 83.9 Å². The van der Waals surface area contributed by atoms with Crippen molar-refractivity contribution in [3.63, 3.8) is 0 Å². The molecule has 0 aromatic heterocycles. The van der Waals surface area contributed by atoms with E-state index in [1.165, 1.54) is 12.5 Å². The second-order valence-corrected chi connectivity index (χ2v) is 4.42. The highest BCUT2D eigenvalue weighted by atomic mass is 16.5. The first-order valence-corrected chi connectivity index (χ1v) is 6.48. The van der Waals surface area contributed by atoms with Crippen LogP contribution in [0.4, 0.5) is 0 Å². The first kappa shape index (κ1) is 14.2. The summed E-state index contributed by atoms with van der Waals surface area (Å²) >= 11 is 0. The summed E-state index contributed by atoms with van der Waals surface area (Å²) in [5.41, 5.74) is 7.41. The van der Waals surface area contributed by atoms with E-state index in [-0.39, 0.29) is 6.10 Å². The largest absolute Gasteiger partial charge is 0.492 e. The molecule has 20 heavy (non-hydrogen) atoms. The van der Waals surface area contributed by atoms with Crippen molar-refractivity contribution in [1.82, 2.24) is 4.90 Å². The number of nitriles is 1. The van der Waals surface area contributed by atoms with Gasteiger partial charge < -0.3 is 20.1 Å². The highest BCUT2D eigenvalue weighted by Gasteiger charge is 2.27. The number of hydrogen-bond acceptors (Lipinski definition) is 6. The molecule has 0 aromatic rings. The third kappa shape index (κ3) is 3.00. The maximum absolute atomic E-state index is 9.07. The summed E-state index contributed by atoms with van der Waals surface area (Å²) < 4.78 is 10.8. The Kier molecular flexibility index (Phi) is 4.80. The molecule has 2 aliphatic heterocycles. The molecule has 0 spiro atoms. The zero-order valence-electron chi connectivity index (χ0n) is 11.3. The van der Waals surface area contributed by atoms with Gasteiger partial charge in [0.05, 0.1) is 25.0 Å². The smallest absolute Gasteiger partial charge is 0.146 e. The fourth-order valence-electron chi connectivity index (χ4n) is 2.28. The molecule has 6 heteroatoms. The molecule has 106 valence electrons. The Bertz CT molecular complexity index is 496. The zero-order valence-corrected chi connectivity index (χ0v) is 11.3. The number of aliphatic imine (C=N–C) groups is 1. The van der Waals surface area contributed by atoms with Gasteiger partial charge in [-0.2, -0.15) is 5.26 Å².